The number of ether oxygens (including phenoxy) is 2. The summed E-state index contributed by atoms with van der Waals surface area (Å²) in [4.78, 5) is 83.1. The van der Waals surface area contributed by atoms with Crippen LogP contribution in [-0.4, -0.2) is 86.5 Å². The molecule has 0 radical (unpaired) electrons. The number of nitro benzene ring substituents is 2. The van der Waals surface area contributed by atoms with Crippen molar-refractivity contribution >= 4 is 107 Å². The molecule has 0 fully saturated rings. The molecule has 0 saturated heterocycles. The van der Waals surface area contributed by atoms with E-state index in [-0.39, 0.29) is 161 Å². The normalized spacial score (nSPS) is 11.0. The summed E-state index contributed by atoms with van der Waals surface area (Å²) in [6.45, 7) is 63.4. The van der Waals surface area contributed by atoms with Gasteiger partial charge >= 0.3 is 0 Å². The highest BCUT2D eigenvalue weighted by atomic mass is 19.1. The molecule has 28 nitrogen and oxygen atoms in total. The predicted octanol–water partition coefficient (Wildman–Crippen LogP) is 31.0. The Labute approximate surface area is 840 Å². The van der Waals surface area contributed by atoms with E-state index in [2.05, 4.69) is 230 Å². The highest BCUT2D eigenvalue weighted by Crippen LogP contribution is 2.43. The number of carbonyl (C=O) groups excluding carboxylic acids is 2. The summed E-state index contributed by atoms with van der Waals surface area (Å²) in [6, 6.07) is 43.1. The minimum atomic E-state index is -0.530. The van der Waals surface area contributed by atoms with Gasteiger partial charge in [-0.2, -0.15) is 0 Å². The van der Waals surface area contributed by atoms with Crippen LogP contribution in [0.1, 0.15) is 306 Å². The topological polar surface area (TPSA) is 368 Å². The lowest BCUT2D eigenvalue weighted by atomic mass is 9.85. The van der Waals surface area contributed by atoms with Crippen LogP contribution in [0.25, 0.3) is 54.8 Å². The maximum Gasteiger partial charge on any atom is 0.286 e. The Morgan fingerprint density at radius 3 is 1.46 bits per heavy atom. The van der Waals surface area contributed by atoms with Crippen molar-refractivity contribution in [3.63, 3.8) is 0 Å². The van der Waals surface area contributed by atoms with Gasteiger partial charge in [-0.05, 0) is 227 Å². The van der Waals surface area contributed by atoms with Gasteiger partial charge in [0.2, 0.25) is 24.6 Å². The maximum atomic E-state index is 12.3. The number of pyridine rings is 3. The number of anilines is 4. The van der Waals surface area contributed by atoms with E-state index in [4.69, 9.17) is 25.9 Å². The van der Waals surface area contributed by atoms with Crippen molar-refractivity contribution in [1.29, 1.82) is 0 Å². The van der Waals surface area contributed by atoms with E-state index in [0.29, 0.717) is 45.9 Å². The van der Waals surface area contributed by atoms with Gasteiger partial charge in [0.05, 0.1) is 55.4 Å². The fourth-order valence-corrected chi connectivity index (χ4v) is 13.1. The number of fused-ring (bicyclic) bond motifs is 7. The first kappa shape index (κ1) is 134. The van der Waals surface area contributed by atoms with Crippen molar-refractivity contribution in [1.82, 2.24) is 53.2 Å². The quantitative estimate of drug-likeness (QED) is 0.0918. The number of nitro groups is 3. The molecule has 1 aliphatic rings. The highest BCUT2D eigenvalue weighted by Gasteiger charge is 2.31. The molecule has 778 valence electrons. The van der Waals surface area contributed by atoms with Crippen molar-refractivity contribution < 1.29 is 42.6 Å². The predicted molar refractivity (Wildman–Crippen MR) is 591 cm³/mol. The highest BCUT2D eigenvalue weighted by molar-refractivity contribution is 6.07. The molecule has 141 heavy (non-hydrogen) atoms. The summed E-state index contributed by atoms with van der Waals surface area (Å²) >= 11 is 0. The molecule has 6 N–H and O–H groups in total. The van der Waals surface area contributed by atoms with E-state index in [1.165, 1.54) is 61.2 Å². The van der Waals surface area contributed by atoms with Gasteiger partial charge in [0.25, 0.3) is 17.1 Å². The third kappa shape index (κ3) is 39.2. The van der Waals surface area contributed by atoms with Crippen molar-refractivity contribution in [3.05, 3.63) is 270 Å². The van der Waals surface area contributed by atoms with Crippen LogP contribution in [0.2, 0.25) is 0 Å². The monoisotopic (exact) mass is 1950 g/mol. The van der Waals surface area contributed by atoms with Crippen LogP contribution >= 0.6 is 0 Å². The number of nitrogens with one attached hydrogen (secondary N) is 2. The SMILES string of the molecule is C.C.C.C.C.C.C.C.C.CC(=O)Nc1ccc2ccc(C(C)(C)C)nc2n1.CC(=O)Nc1ccc2ccc3c(nc(C)n3C(C)(C)C)c2c1.CC(C)(C)c1cc2c(cc1[N+](=O)[O-])OCO2.CC(C)(C)c1ccc(N)nc1.CC(C)(C)c1cnc(N)nc1.CC(C)(C)n1ccc([N+](=O)[O-])c1.CC(C)(C)n1ccc2cc([N+](=O)[O-])ccc21.CCC.Cc1ccc(F)cc1F.Cc1cccc2c1ncn2C(C)(C)C. The van der Waals surface area contributed by atoms with Crippen LogP contribution in [0.3, 0.4) is 0 Å². The zero-order valence-corrected chi connectivity index (χ0v) is 82.6. The molecule has 0 unspecified atom stereocenters. The number of carbonyl (C=O) groups is 2. The summed E-state index contributed by atoms with van der Waals surface area (Å²) in [5.74, 6) is 2.25. The first-order chi connectivity index (χ1) is 60.9. The molecular formula is C111H170F2N18O10. The summed E-state index contributed by atoms with van der Waals surface area (Å²) in [6.07, 6.45) is 13.8. The first-order valence-corrected chi connectivity index (χ1v) is 43.5. The Hall–Kier alpha value is -13.7. The second kappa shape index (κ2) is 55.4. The number of halogens is 2. The maximum absolute atomic E-state index is 12.3. The zero-order valence-electron chi connectivity index (χ0n) is 82.6. The molecule has 30 heteroatoms. The molecule has 15 rings (SSSR count). The van der Waals surface area contributed by atoms with Crippen LogP contribution in [0.15, 0.2) is 189 Å². The number of rotatable bonds is 5. The second-order valence-electron chi connectivity index (χ2n) is 40.0. The second-order valence-corrected chi connectivity index (χ2v) is 40.0. The van der Waals surface area contributed by atoms with Gasteiger partial charge < -0.3 is 49.8 Å². The molecule has 8 aromatic heterocycles. The Bertz CT molecular complexity index is 6250. The van der Waals surface area contributed by atoms with E-state index < -0.39 is 11.6 Å². The van der Waals surface area contributed by atoms with Crippen molar-refractivity contribution in [2.24, 2.45) is 0 Å². The molecule has 2 amide bonds. The van der Waals surface area contributed by atoms with Crippen molar-refractivity contribution in [2.45, 2.75) is 332 Å². The van der Waals surface area contributed by atoms with Crippen LogP contribution in [-0.2, 0) is 53.4 Å². The Morgan fingerprint density at radius 2 is 0.993 bits per heavy atom. The van der Waals surface area contributed by atoms with E-state index in [1.807, 2.05) is 126 Å². The number of para-hydroxylation sites is 1. The van der Waals surface area contributed by atoms with Gasteiger partial charge in [0.15, 0.2) is 17.1 Å². The van der Waals surface area contributed by atoms with Crippen molar-refractivity contribution in [2.75, 3.05) is 28.9 Å². The van der Waals surface area contributed by atoms with Gasteiger partial charge in [0.1, 0.15) is 29.1 Å². The van der Waals surface area contributed by atoms with E-state index in [1.54, 1.807) is 62.0 Å². The average Bonchev–Trinajstić information content (AvgIpc) is 1.60. The molecule has 0 aliphatic carbocycles. The number of hydrogen-bond donors (Lipinski definition) is 4. The van der Waals surface area contributed by atoms with E-state index >= 15 is 0 Å². The van der Waals surface area contributed by atoms with E-state index in [9.17, 15) is 48.7 Å². The third-order valence-corrected chi connectivity index (χ3v) is 20.0. The lowest BCUT2D eigenvalue weighted by molar-refractivity contribution is -0.386. The molecule has 0 bridgehead atoms. The largest absolute Gasteiger partial charge is 0.454 e. The smallest absolute Gasteiger partial charge is 0.286 e. The molecule has 0 spiro atoms. The van der Waals surface area contributed by atoms with Gasteiger partial charge in [0, 0.05) is 135 Å². The Kier molecular flexibility index (Phi) is 52.5. The number of nitrogens with two attached hydrogens (primary N) is 2. The molecule has 1 aliphatic heterocycles. The molecule has 6 aromatic carbocycles. The number of non-ortho nitro benzene ring substituents is 1. The summed E-state index contributed by atoms with van der Waals surface area (Å²) in [5, 5.41) is 41.5. The van der Waals surface area contributed by atoms with Gasteiger partial charge in [-0.15, -0.1) is 0 Å². The molecule has 9 heterocycles. The summed E-state index contributed by atoms with van der Waals surface area (Å²) < 4.78 is 43.2. The Morgan fingerprint density at radius 1 is 0.461 bits per heavy atom. The zero-order chi connectivity index (χ0) is 99.5. The number of aryl methyl sites for hydroxylation is 3. The lowest BCUT2D eigenvalue weighted by Crippen LogP contribution is -2.22. The third-order valence-electron chi connectivity index (χ3n) is 20.0. The summed E-state index contributed by atoms with van der Waals surface area (Å²) in [7, 11) is 0. The minimum Gasteiger partial charge on any atom is -0.454 e. The van der Waals surface area contributed by atoms with Crippen LogP contribution in [0.4, 0.5) is 49.1 Å². The lowest BCUT2D eigenvalue weighted by Gasteiger charge is -2.23. The van der Waals surface area contributed by atoms with Gasteiger partial charge in [-0.3, -0.25) is 39.9 Å². The number of nitrogen functional groups attached to an aromatic ring is 2. The number of aromatic nitrogens is 11. The first-order valence-electron chi connectivity index (χ1n) is 43.5. The number of imidazole rings is 2. The molecule has 0 atom stereocenters. The van der Waals surface area contributed by atoms with E-state index in [0.717, 1.165) is 72.4 Å². The van der Waals surface area contributed by atoms with Crippen LogP contribution in [0.5, 0.6) is 11.5 Å². The fraction of sp³-hybridized carbons (Fsp3) is 0.450. The molecular weight excluding hydrogens is 1780 g/mol. The summed E-state index contributed by atoms with van der Waals surface area (Å²) in [5.41, 5.74) is 23.7. The molecule has 0 saturated carbocycles. The number of benzene rings is 6. The molecule has 14 aromatic rings. The minimum absolute atomic E-state index is 0. The number of nitrogens with zero attached hydrogens (tertiary/aromatic N) is 14. The fourth-order valence-electron chi connectivity index (χ4n) is 13.1. The van der Waals surface area contributed by atoms with Crippen molar-refractivity contribution in [3.8, 4) is 11.5 Å². The Balaban J connectivity index is -0.000000747. The number of hydrogen-bond acceptors (Lipinski definition) is 19. The standard InChI is InChI=1S/C18H21N3O.C14H17N3O.C12H14N2O2.C12H16N2.C11H13NO4.C9H14N2.C8H13N3.C8H12N2O2.C7H6F2.C3H8.9CH4/c1-11-19-17-15-10-14(20-12(2)22)8-6-13(15)7-9-16(17)21(11)18(3,4)5;1-9(18)15-12-8-6-10-5-7-11(14(2,3)4)16-13(10)17-12;1-12(2,3)13-7-6-9-8-10(14(15)16)4-5-11(9)13;1-9-6-5-7-10-11(9)13-8-14(10)12(2,3)4;1-11(2,3)7-4-9-10(16-6-15-9)5-8(7)12(13)14;1-9(2,3)7-4-5-8(10)11-6-7;1-8(2,3)6-4-10-7(9)11-5-6;1-8(2,3)9-5-4-7(6-9)10(11)12;1-5-2-3-6(8)4-7(5)9;1-3-2;;;;;;;;;/h6-10H,1-5H3,(H,20,22);5-8H,1-4H3,(H,15,16,17,18);4-8H,1-3H3;5-8H,1-4H3;4-5H,6H2,1-3H3;4-6H,1-3H3,(H2,10,11);4-5H,1-3H3,(H2,9,10,11);4-6H,1-3H3;2-4H,1H3;3H2,1-2H3;9*1H4. The number of amides is 2. The average molecular weight is 1950 g/mol. The van der Waals surface area contributed by atoms with Crippen LogP contribution < -0.4 is 31.6 Å². The van der Waals surface area contributed by atoms with Gasteiger partial charge in [-0.1, -0.05) is 207 Å². The van der Waals surface area contributed by atoms with Crippen LogP contribution in [0, 0.1) is 62.7 Å². The van der Waals surface area contributed by atoms with Gasteiger partial charge in [-0.25, -0.2) is 43.7 Å².